The second-order valence-corrected chi connectivity index (χ2v) is 8.53. The second kappa shape index (κ2) is 6.80. The highest BCUT2D eigenvalue weighted by molar-refractivity contribution is 8.27. The van der Waals surface area contributed by atoms with Crippen LogP contribution in [0.5, 0.6) is 0 Å². The maximum atomic E-state index is 13.1. The fourth-order valence-electron chi connectivity index (χ4n) is 2.28. The van der Waals surface area contributed by atoms with Crippen molar-refractivity contribution in [1.82, 2.24) is 4.98 Å². The first-order valence-electron chi connectivity index (χ1n) is 7.15. The van der Waals surface area contributed by atoms with Crippen molar-refractivity contribution in [2.24, 2.45) is 0 Å². The van der Waals surface area contributed by atoms with E-state index in [2.05, 4.69) is 4.98 Å². The van der Waals surface area contributed by atoms with E-state index in [4.69, 9.17) is 12.2 Å². The Morgan fingerprint density at radius 3 is 2.68 bits per heavy atom. The molecule has 0 bridgehead atoms. The standard InChI is InChI=1S/C17H9FN2OS4/c18-10-3-5-12(6-4-10)20-16(21)14(25-17(20)22)8-11-9-24-15(19-11)13-2-1-7-23-13/h1-9H. The summed E-state index contributed by atoms with van der Waals surface area (Å²) >= 11 is 9.70. The van der Waals surface area contributed by atoms with Crippen LogP contribution in [0.25, 0.3) is 16.0 Å². The van der Waals surface area contributed by atoms with Crippen molar-refractivity contribution in [3.63, 3.8) is 0 Å². The number of thiazole rings is 1. The van der Waals surface area contributed by atoms with Gasteiger partial charge in [0.05, 0.1) is 21.2 Å². The smallest absolute Gasteiger partial charge is 0.268 e. The molecule has 3 aromatic rings. The van der Waals surface area contributed by atoms with E-state index < -0.39 is 0 Å². The molecule has 1 aromatic carbocycles. The molecule has 1 fully saturated rings. The minimum atomic E-state index is -0.353. The van der Waals surface area contributed by atoms with Gasteiger partial charge in [0.25, 0.3) is 5.91 Å². The molecule has 1 amide bonds. The van der Waals surface area contributed by atoms with Crippen LogP contribution >= 0.6 is 46.7 Å². The van der Waals surface area contributed by atoms with E-state index >= 15 is 0 Å². The number of amides is 1. The molecule has 0 saturated carbocycles. The van der Waals surface area contributed by atoms with Crippen LogP contribution in [0.15, 0.2) is 52.1 Å². The van der Waals surface area contributed by atoms with Gasteiger partial charge in [-0.3, -0.25) is 9.69 Å². The van der Waals surface area contributed by atoms with Gasteiger partial charge < -0.3 is 0 Å². The largest absolute Gasteiger partial charge is 0.270 e. The third kappa shape index (κ3) is 3.30. The highest BCUT2D eigenvalue weighted by Crippen LogP contribution is 2.36. The van der Waals surface area contributed by atoms with Gasteiger partial charge >= 0.3 is 0 Å². The van der Waals surface area contributed by atoms with Crippen LogP contribution in [-0.4, -0.2) is 15.2 Å². The first kappa shape index (κ1) is 16.6. The maximum absolute atomic E-state index is 13.1. The van der Waals surface area contributed by atoms with Gasteiger partial charge in [-0.25, -0.2) is 9.37 Å². The molecule has 0 unspecified atom stereocenters. The van der Waals surface area contributed by atoms with E-state index in [1.54, 1.807) is 29.5 Å². The minimum absolute atomic E-state index is 0.215. The van der Waals surface area contributed by atoms with Gasteiger partial charge in [-0.1, -0.05) is 30.0 Å². The van der Waals surface area contributed by atoms with Crippen LogP contribution < -0.4 is 4.90 Å². The van der Waals surface area contributed by atoms with Crippen LogP contribution in [-0.2, 0) is 4.79 Å². The van der Waals surface area contributed by atoms with Crippen molar-refractivity contribution in [2.75, 3.05) is 4.90 Å². The average molecular weight is 405 g/mol. The number of rotatable bonds is 3. The second-order valence-electron chi connectivity index (χ2n) is 5.05. The number of hydrogen-bond acceptors (Lipinski definition) is 6. The number of halogens is 1. The van der Waals surface area contributed by atoms with Crippen LogP contribution in [0.1, 0.15) is 5.69 Å². The summed E-state index contributed by atoms with van der Waals surface area (Å²) in [5.74, 6) is -0.569. The first-order chi connectivity index (χ1) is 12.1. The first-order valence-corrected chi connectivity index (χ1v) is 10.1. The summed E-state index contributed by atoms with van der Waals surface area (Å²) in [7, 11) is 0. The van der Waals surface area contributed by atoms with E-state index in [1.165, 1.54) is 40.1 Å². The number of hydrogen-bond donors (Lipinski definition) is 0. The Labute approximate surface area is 160 Å². The Balaban J connectivity index is 1.61. The molecule has 1 aliphatic rings. The van der Waals surface area contributed by atoms with Gasteiger partial charge in [0.2, 0.25) is 0 Å². The lowest BCUT2D eigenvalue weighted by Crippen LogP contribution is -2.27. The number of thioether (sulfide) groups is 1. The summed E-state index contributed by atoms with van der Waals surface area (Å²) in [4.78, 5) is 20.3. The molecular formula is C17H9FN2OS4. The average Bonchev–Trinajstić information content (AvgIpc) is 3.31. The Morgan fingerprint density at radius 2 is 1.96 bits per heavy atom. The summed E-state index contributed by atoms with van der Waals surface area (Å²) < 4.78 is 13.5. The highest BCUT2D eigenvalue weighted by atomic mass is 32.2. The number of benzene rings is 1. The lowest BCUT2D eigenvalue weighted by Gasteiger charge is -2.14. The monoisotopic (exact) mass is 404 g/mol. The third-order valence-corrected chi connectivity index (χ3v) is 6.61. The van der Waals surface area contributed by atoms with Gasteiger partial charge in [0.15, 0.2) is 4.32 Å². The zero-order valence-corrected chi connectivity index (χ0v) is 15.8. The lowest BCUT2D eigenvalue weighted by atomic mass is 10.3. The lowest BCUT2D eigenvalue weighted by molar-refractivity contribution is -0.113. The molecule has 0 radical (unpaired) electrons. The van der Waals surface area contributed by atoms with Crippen LogP contribution in [0.4, 0.5) is 10.1 Å². The molecule has 0 atom stereocenters. The number of thiophene rings is 1. The highest BCUT2D eigenvalue weighted by Gasteiger charge is 2.33. The third-order valence-electron chi connectivity index (χ3n) is 3.41. The molecule has 2 aromatic heterocycles. The van der Waals surface area contributed by atoms with Crippen molar-refractivity contribution in [2.45, 2.75) is 0 Å². The normalized spacial score (nSPS) is 16.2. The van der Waals surface area contributed by atoms with E-state index in [9.17, 15) is 9.18 Å². The number of carbonyl (C=O) groups excluding carboxylic acids is 1. The molecule has 0 aliphatic carbocycles. The van der Waals surface area contributed by atoms with Crippen LogP contribution in [0.2, 0.25) is 0 Å². The van der Waals surface area contributed by atoms with Gasteiger partial charge in [-0.05, 0) is 41.8 Å². The van der Waals surface area contributed by atoms with Gasteiger partial charge in [-0.15, -0.1) is 22.7 Å². The van der Waals surface area contributed by atoms with Crippen LogP contribution in [0.3, 0.4) is 0 Å². The number of carbonyl (C=O) groups is 1. The molecule has 1 saturated heterocycles. The minimum Gasteiger partial charge on any atom is -0.268 e. The summed E-state index contributed by atoms with van der Waals surface area (Å²) in [6, 6.07) is 9.70. The fourth-order valence-corrected chi connectivity index (χ4v) is 5.16. The van der Waals surface area contributed by atoms with Gasteiger partial charge in [0, 0.05) is 5.38 Å². The molecule has 3 heterocycles. The Bertz CT molecular complexity index is 977. The molecule has 3 nitrogen and oxygen atoms in total. The number of nitrogens with zero attached hydrogens (tertiary/aromatic N) is 2. The molecule has 0 N–H and O–H groups in total. The van der Waals surface area contributed by atoms with Crippen molar-refractivity contribution in [3.05, 3.63) is 63.6 Å². The zero-order chi connectivity index (χ0) is 17.4. The van der Waals surface area contributed by atoms with E-state index in [0.717, 1.165) is 15.6 Å². The zero-order valence-electron chi connectivity index (χ0n) is 12.5. The quantitative estimate of drug-likeness (QED) is 0.431. The predicted molar refractivity (Wildman–Crippen MR) is 107 cm³/mol. The Morgan fingerprint density at radius 1 is 1.16 bits per heavy atom. The van der Waals surface area contributed by atoms with Crippen molar-refractivity contribution in [3.8, 4) is 9.88 Å². The van der Waals surface area contributed by atoms with E-state index in [-0.39, 0.29) is 11.7 Å². The summed E-state index contributed by atoms with van der Waals surface area (Å²) in [6.07, 6.45) is 1.75. The van der Waals surface area contributed by atoms with Gasteiger partial charge in [-0.2, -0.15) is 0 Å². The van der Waals surface area contributed by atoms with E-state index in [0.29, 0.717) is 14.9 Å². The summed E-state index contributed by atoms with van der Waals surface area (Å²) in [6.45, 7) is 0. The summed E-state index contributed by atoms with van der Waals surface area (Å²) in [5, 5.41) is 4.85. The number of anilines is 1. The predicted octanol–water partition coefficient (Wildman–Crippen LogP) is 5.42. The molecule has 4 rings (SSSR count). The molecule has 0 spiro atoms. The topological polar surface area (TPSA) is 33.2 Å². The van der Waals surface area contributed by atoms with Crippen molar-refractivity contribution in [1.29, 1.82) is 0 Å². The Kier molecular flexibility index (Phi) is 4.51. The number of aromatic nitrogens is 1. The maximum Gasteiger partial charge on any atom is 0.270 e. The molecule has 124 valence electrons. The molecule has 25 heavy (non-hydrogen) atoms. The fraction of sp³-hybridized carbons (Fsp3) is 0. The molecule has 1 aliphatic heterocycles. The van der Waals surface area contributed by atoms with Crippen molar-refractivity contribution < 1.29 is 9.18 Å². The molecular weight excluding hydrogens is 395 g/mol. The van der Waals surface area contributed by atoms with Gasteiger partial charge in [0.1, 0.15) is 10.8 Å². The van der Waals surface area contributed by atoms with Crippen molar-refractivity contribution >= 4 is 68.6 Å². The Hall–Kier alpha value is -1.87. The van der Waals surface area contributed by atoms with E-state index in [1.807, 2.05) is 22.9 Å². The van der Waals surface area contributed by atoms with Crippen LogP contribution in [0, 0.1) is 5.82 Å². The molecule has 8 heteroatoms. The summed E-state index contributed by atoms with van der Waals surface area (Å²) in [5.41, 5.74) is 1.29. The SMILES string of the molecule is O=C1C(=Cc2csc(-c3cccs3)n2)SC(=S)N1c1ccc(F)cc1. The number of thiocarbonyl (C=S) groups is 1.